The Morgan fingerprint density at radius 3 is 2.82 bits per heavy atom. The van der Waals surface area contributed by atoms with Gasteiger partial charge < -0.3 is 15.4 Å². The number of nitrogens with zero attached hydrogens (tertiary/aromatic N) is 2. The van der Waals surface area contributed by atoms with E-state index in [1.807, 2.05) is 27.0 Å². The zero-order valence-corrected chi connectivity index (χ0v) is 11.1. The zero-order chi connectivity index (χ0) is 12.7. The SMILES string of the molecule is CCNc1ncc(C)c(NC(C)COCC)n1. The van der Waals surface area contributed by atoms with Crippen LogP contribution >= 0.6 is 0 Å². The van der Waals surface area contributed by atoms with Crippen molar-refractivity contribution in [1.82, 2.24) is 9.97 Å². The van der Waals surface area contributed by atoms with E-state index in [-0.39, 0.29) is 6.04 Å². The summed E-state index contributed by atoms with van der Waals surface area (Å²) in [6, 6.07) is 0.234. The molecule has 1 atom stereocenters. The van der Waals surface area contributed by atoms with Gasteiger partial charge in [-0.2, -0.15) is 4.98 Å². The lowest BCUT2D eigenvalue weighted by Crippen LogP contribution is -2.23. The van der Waals surface area contributed by atoms with E-state index < -0.39 is 0 Å². The molecule has 1 aromatic rings. The Hall–Kier alpha value is -1.36. The number of rotatable bonds is 7. The Bertz CT molecular complexity index is 343. The maximum absolute atomic E-state index is 5.36. The molecule has 2 N–H and O–H groups in total. The Labute approximate surface area is 103 Å². The first-order valence-electron chi connectivity index (χ1n) is 6.09. The van der Waals surface area contributed by atoms with E-state index in [0.717, 1.165) is 24.5 Å². The maximum Gasteiger partial charge on any atom is 0.224 e. The molecule has 0 aliphatic carbocycles. The third kappa shape index (κ3) is 4.56. The summed E-state index contributed by atoms with van der Waals surface area (Å²) in [4.78, 5) is 8.63. The minimum absolute atomic E-state index is 0.234. The lowest BCUT2D eigenvalue weighted by Gasteiger charge is -2.16. The molecular weight excluding hydrogens is 216 g/mol. The second-order valence-electron chi connectivity index (χ2n) is 3.96. The number of hydrogen-bond acceptors (Lipinski definition) is 5. The summed E-state index contributed by atoms with van der Waals surface area (Å²) in [6.45, 7) is 10.3. The van der Waals surface area contributed by atoms with Crippen LogP contribution in [0, 0.1) is 6.92 Å². The van der Waals surface area contributed by atoms with E-state index >= 15 is 0 Å². The van der Waals surface area contributed by atoms with Crippen LogP contribution in [-0.2, 0) is 4.74 Å². The second-order valence-corrected chi connectivity index (χ2v) is 3.96. The number of aryl methyl sites for hydroxylation is 1. The van der Waals surface area contributed by atoms with E-state index in [1.165, 1.54) is 0 Å². The van der Waals surface area contributed by atoms with Crippen molar-refractivity contribution in [2.75, 3.05) is 30.4 Å². The van der Waals surface area contributed by atoms with E-state index in [1.54, 1.807) is 0 Å². The van der Waals surface area contributed by atoms with Crippen LogP contribution in [0.15, 0.2) is 6.20 Å². The second kappa shape index (κ2) is 7.06. The first-order chi connectivity index (χ1) is 8.17. The van der Waals surface area contributed by atoms with Gasteiger partial charge in [-0.25, -0.2) is 4.98 Å². The van der Waals surface area contributed by atoms with Gasteiger partial charge in [0.1, 0.15) is 5.82 Å². The summed E-state index contributed by atoms with van der Waals surface area (Å²) < 4.78 is 5.36. The number of ether oxygens (including phenoxy) is 1. The zero-order valence-electron chi connectivity index (χ0n) is 11.1. The molecule has 0 aromatic carbocycles. The molecule has 0 spiro atoms. The molecule has 0 saturated heterocycles. The number of hydrogen-bond donors (Lipinski definition) is 2. The van der Waals surface area contributed by atoms with Gasteiger partial charge in [-0.05, 0) is 27.7 Å². The summed E-state index contributed by atoms with van der Waals surface area (Å²) in [7, 11) is 0. The molecule has 1 aromatic heterocycles. The van der Waals surface area contributed by atoms with Crippen LogP contribution in [0.5, 0.6) is 0 Å². The average molecular weight is 238 g/mol. The van der Waals surface area contributed by atoms with Gasteiger partial charge in [0.2, 0.25) is 5.95 Å². The van der Waals surface area contributed by atoms with Crippen LogP contribution in [0.4, 0.5) is 11.8 Å². The van der Waals surface area contributed by atoms with Crippen LogP contribution in [0.25, 0.3) is 0 Å². The molecule has 0 radical (unpaired) electrons. The Kier molecular flexibility index (Phi) is 5.69. The third-order valence-electron chi connectivity index (χ3n) is 2.26. The van der Waals surface area contributed by atoms with Gasteiger partial charge in [0.05, 0.1) is 6.61 Å². The molecule has 1 unspecified atom stereocenters. The van der Waals surface area contributed by atoms with Gasteiger partial charge in [-0.3, -0.25) is 0 Å². The van der Waals surface area contributed by atoms with Crippen molar-refractivity contribution < 1.29 is 4.74 Å². The monoisotopic (exact) mass is 238 g/mol. The largest absolute Gasteiger partial charge is 0.380 e. The Balaban J connectivity index is 2.64. The first-order valence-corrected chi connectivity index (χ1v) is 6.09. The molecular formula is C12H22N4O. The van der Waals surface area contributed by atoms with Crippen LogP contribution in [-0.4, -0.2) is 35.8 Å². The highest BCUT2D eigenvalue weighted by Crippen LogP contribution is 2.13. The fourth-order valence-electron chi connectivity index (χ4n) is 1.40. The predicted molar refractivity (Wildman–Crippen MR) is 70.5 cm³/mol. The minimum Gasteiger partial charge on any atom is -0.380 e. The van der Waals surface area contributed by atoms with Crippen LogP contribution in [0.1, 0.15) is 26.3 Å². The molecule has 0 aliphatic rings. The van der Waals surface area contributed by atoms with E-state index in [9.17, 15) is 0 Å². The van der Waals surface area contributed by atoms with Crippen molar-refractivity contribution in [2.24, 2.45) is 0 Å². The topological polar surface area (TPSA) is 59.1 Å². The molecule has 0 saturated carbocycles. The van der Waals surface area contributed by atoms with Crippen LogP contribution in [0.3, 0.4) is 0 Å². The number of nitrogens with one attached hydrogen (secondary N) is 2. The van der Waals surface area contributed by atoms with Gasteiger partial charge in [-0.1, -0.05) is 0 Å². The smallest absolute Gasteiger partial charge is 0.224 e. The average Bonchev–Trinajstić information content (AvgIpc) is 2.31. The summed E-state index contributed by atoms with van der Waals surface area (Å²) >= 11 is 0. The maximum atomic E-state index is 5.36. The standard InChI is InChI=1S/C12H22N4O/c1-5-13-12-14-7-9(3)11(16-12)15-10(4)8-17-6-2/h7,10H,5-6,8H2,1-4H3,(H2,13,14,15,16). The quantitative estimate of drug-likeness (QED) is 0.761. The Morgan fingerprint density at radius 1 is 1.41 bits per heavy atom. The molecule has 5 nitrogen and oxygen atoms in total. The van der Waals surface area contributed by atoms with Crippen molar-refractivity contribution in [3.63, 3.8) is 0 Å². The van der Waals surface area contributed by atoms with Crippen molar-refractivity contribution >= 4 is 11.8 Å². The predicted octanol–water partition coefficient (Wildman–Crippen LogP) is 2.05. The normalized spacial score (nSPS) is 12.2. The van der Waals surface area contributed by atoms with E-state index in [2.05, 4.69) is 27.5 Å². The molecule has 0 fully saturated rings. The van der Waals surface area contributed by atoms with Crippen molar-refractivity contribution in [2.45, 2.75) is 33.7 Å². The lowest BCUT2D eigenvalue weighted by molar-refractivity contribution is 0.141. The fraction of sp³-hybridized carbons (Fsp3) is 0.667. The van der Waals surface area contributed by atoms with Gasteiger partial charge >= 0.3 is 0 Å². The van der Waals surface area contributed by atoms with Gasteiger partial charge in [0.15, 0.2) is 0 Å². The minimum atomic E-state index is 0.234. The number of aromatic nitrogens is 2. The highest BCUT2D eigenvalue weighted by Gasteiger charge is 2.07. The first kappa shape index (κ1) is 13.7. The summed E-state index contributed by atoms with van der Waals surface area (Å²) in [6.07, 6.45) is 1.82. The highest BCUT2D eigenvalue weighted by atomic mass is 16.5. The lowest BCUT2D eigenvalue weighted by atomic mass is 10.3. The van der Waals surface area contributed by atoms with Crippen LogP contribution in [0.2, 0.25) is 0 Å². The number of anilines is 2. The summed E-state index contributed by atoms with van der Waals surface area (Å²) in [5, 5.41) is 6.43. The molecule has 0 aliphatic heterocycles. The highest BCUT2D eigenvalue weighted by molar-refractivity contribution is 5.46. The van der Waals surface area contributed by atoms with Crippen LogP contribution < -0.4 is 10.6 Å². The van der Waals surface area contributed by atoms with Crippen molar-refractivity contribution in [3.8, 4) is 0 Å². The third-order valence-corrected chi connectivity index (χ3v) is 2.26. The molecule has 96 valence electrons. The molecule has 0 amide bonds. The molecule has 0 bridgehead atoms. The van der Waals surface area contributed by atoms with Gasteiger partial charge in [-0.15, -0.1) is 0 Å². The summed E-state index contributed by atoms with van der Waals surface area (Å²) in [5.41, 5.74) is 1.04. The van der Waals surface area contributed by atoms with Gasteiger partial charge in [0, 0.05) is 31.0 Å². The fourth-order valence-corrected chi connectivity index (χ4v) is 1.40. The van der Waals surface area contributed by atoms with E-state index in [0.29, 0.717) is 12.6 Å². The van der Waals surface area contributed by atoms with Gasteiger partial charge in [0.25, 0.3) is 0 Å². The Morgan fingerprint density at radius 2 is 2.18 bits per heavy atom. The molecule has 17 heavy (non-hydrogen) atoms. The van der Waals surface area contributed by atoms with Crippen molar-refractivity contribution in [1.29, 1.82) is 0 Å². The summed E-state index contributed by atoms with van der Waals surface area (Å²) in [5.74, 6) is 1.52. The van der Waals surface area contributed by atoms with Crippen molar-refractivity contribution in [3.05, 3.63) is 11.8 Å². The molecule has 1 heterocycles. The molecule has 1 rings (SSSR count). The molecule has 5 heteroatoms. The van der Waals surface area contributed by atoms with E-state index in [4.69, 9.17) is 4.74 Å².